The molecule has 0 aliphatic carbocycles. The molecular formula is C31H34FN6O8P2S2+. The second-order valence-electron chi connectivity index (χ2n) is 11.1. The van der Waals surface area contributed by atoms with E-state index < -0.39 is 39.0 Å². The summed E-state index contributed by atoms with van der Waals surface area (Å²) in [5.41, 5.74) is 2.74. The normalized spacial score (nSPS) is 15.7. The lowest BCUT2D eigenvalue weighted by molar-refractivity contribution is -0.119. The van der Waals surface area contributed by atoms with E-state index >= 15 is 4.39 Å². The number of hydrazone groups is 1. The predicted octanol–water partition coefficient (Wildman–Crippen LogP) is 4.58. The molecule has 0 bridgehead atoms. The molecule has 0 aromatic heterocycles. The Labute approximate surface area is 297 Å². The van der Waals surface area contributed by atoms with E-state index in [1.54, 1.807) is 65.6 Å². The summed E-state index contributed by atoms with van der Waals surface area (Å²) in [4.78, 5) is 55.5. The second kappa shape index (κ2) is 17.2. The zero-order chi connectivity index (χ0) is 36.6. The molecule has 0 spiro atoms. The van der Waals surface area contributed by atoms with Crippen molar-refractivity contribution in [2.75, 3.05) is 24.5 Å². The molecule has 1 aliphatic heterocycles. The van der Waals surface area contributed by atoms with Crippen LogP contribution < -0.4 is 16.1 Å². The molecule has 2 amide bonds. The molecule has 19 heteroatoms. The summed E-state index contributed by atoms with van der Waals surface area (Å²) in [6, 6.07) is 18.1. The third kappa shape index (κ3) is 10.5. The van der Waals surface area contributed by atoms with Gasteiger partial charge in [0.25, 0.3) is 5.40 Å². The van der Waals surface area contributed by atoms with Crippen LogP contribution in [-0.2, 0) is 31.6 Å². The molecular weight excluding hydrogens is 729 g/mol. The molecule has 2 unspecified atom stereocenters. The lowest BCUT2D eigenvalue weighted by Gasteiger charge is -2.25. The van der Waals surface area contributed by atoms with Gasteiger partial charge in [-0.25, -0.2) is 9.18 Å². The van der Waals surface area contributed by atoms with Crippen molar-refractivity contribution in [1.82, 2.24) is 10.2 Å². The summed E-state index contributed by atoms with van der Waals surface area (Å²) in [5, 5.41) is 12.2. The molecule has 14 nitrogen and oxygen atoms in total. The minimum absolute atomic E-state index is 0.111. The van der Waals surface area contributed by atoms with Gasteiger partial charge in [-0.1, -0.05) is 60.4 Å². The molecule has 4 rings (SSSR count). The number of benzene rings is 3. The molecule has 7 N–H and O–H groups in total. The van der Waals surface area contributed by atoms with Crippen molar-refractivity contribution in [3.63, 3.8) is 0 Å². The van der Waals surface area contributed by atoms with Gasteiger partial charge in [0.2, 0.25) is 5.91 Å². The van der Waals surface area contributed by atoms with Gasteiger partial charge in [-0.05, 0) is 51.6 Å². The number of rotatable bonds is 14. The number of ether oxygens (including phenoxy) is 1. The lowest BCUT2D eigenvalue weighted by Crippen LogP contribution is -2.33. The number of cyclic esters (lactones) is 1. The van der Waals surface area contributed by atoms with Crippen LogP contribution in [0.15, 0.2) is 76.7 Å². The van der Waals surface area contributed by atoms with Gasteiger partial charge in [0.05, 0.1) is 31.0 Å². The monoisotopic (exact) mass is 763 g/mol. The number of halogens is 1. The van der Waals surface area contributed by atoms with E-state index in [4.69, 9.17) is 28.2 Å². The van der Waals surface area contributed by atoms with Gasteiger partial charge in [-0.3, -0.25) is 14.3 Å². The van der Waals surface area contributed by atoms with E-state index in [1.165, 1.54) is 29.7 Å². The zero-order valence-corrected chi connectivity index (χ0v) is 29.9. The van der Waals surface area contributed by atoms with Crippen LogP contribution in [0, 0.1) is 11.2 Å². The molecule has 1 saturated heterocycles. The van der Waals surface area contributed by atoms with Crippen LogP contribution >= 0.6 is 39.6 Å². The minimum atomic E-state index is -4.79. The second-order valence-corrected chi connectivity index (χ2v) is 16.3. The van der Waals surface area contributed by atoms with Crippen molar-refractivity contribution < 1.29 is 42.5 Å². The van der Waals surface area contributed by atoms with Gasteiger partial charge < -0.3 is 36.0 Å². The quantitative estimate of drug-likeness (QED) is 0.0332. The van der Waals surface area contributed by atoms with Crippen molar-refractivity contribution in [3.05, 3.63) is 83.7 Å². The SMILES string of the molecule is CC(=O)NC[C@H]1CN(c2ccc(-c3ccc(CN(CC(C=N)=NN)C(=S)Sc4ccc(CC([P+](=O)O)P(=O)(O)O)cc4)cc3)c(F)c2)C(=O)O1. The highest BCUT2D eigenvalue weighted by atomic mass is 32.2. The molecule has 3 aromatic rings. The molecule has 3 atom stereocenters. The molecule has 50 heavy (non-hydrogen) atoms. The molecule has 1 heterocycles. The van der Waals surface area contributed by atoms with E-state index in [0.29, 0.717) is 31.6 Å². The molecule has 1 aliphatic rings. The summed E-state index contributed by atoms with van der Waals surface area (Å²) in [6.45, 7) is 2.07. The third-order valence-corrected chi connectivity index (χ3v) is 12.1. The van der Waals surface area contributed by atoms with Crippen LogP contribution in [0.3, 0.4) is 0 Å². The van der Waals surface area contributed by atoms with Gasteiger partial charge >= 0.3 is 21.7 Å². The number of thioether (sulfide) groups is 1. The Bertz CT molecular complexity index is 1850. The first kappa shape index (κ1) is 38.7. The molecule has 1 fully saturated rings. The van der Waals surface area contributed by atoms with Crippen molar-refractivity contribution in [2.24, 2.45) is 10.9 Å². The van der Waals surface area contributed by atoms with Crippen molar-refractivity contribution in [2.45, 2.75) is 36.3 Å². The summed E-state index contributed by atoms with van der Waals surface area (Å²) in [6.07, 6.45) is -0.457. The maximum atomic E-state index is 15.3. The number of amides is 2. The Hall–Kier alpha value is -4.08. The predicted molar refractivity (Wildman–Crippen MR) is 193 cm³/mol. The summed E-state index contributed by atoms with van der Waals surface area (Å²) < 4.78 is 44.1. The first-order chi connectivity index (χ1) is 23.7. The van der Waals surface area contributed by atoms with E-state index in [2.05, 4.69) is 10.4 Å². The first-order valence-electron chi connectivity index (χ1n) is 14.8. The third-order valence-electron chi connectivity index (χ3n) is 7.49. The molecule has 3 aromatic carbocycles. The average molecular weight is 764 g/mol. The molecule has 264 valence electrons. The van der Waals surface area contributed by atoms with E-state index in [0.717, 1.165) is 11.8 Å². The molecule has 0 radical (unpaired) electrons. The number of anilines is 1. The largest absolute Gasteiger partial charge is 0.522 e. The van der Waals surface area contributed by atoms with Gasteiger partial charge in [-0.2, -0.15) is 9.99 Å². The first-order valence-corrected chi connectivity index (χ1v) is 19.0. The number of nitrogens with one attached hydrogen (secondary N) is 2. The Morgan fingerprint density at radius 1 is 1.24 bits per heavy atom. The number of hydrogen-bond acceptors (Lipinski definition) is 10. The summed E-state index contributed by atoms with van der Waals surface area (Å²) >= 11 is 6.93. The Morgan fingerprint density at radius 3 is 2.46 bits per heavy atom. The van der Waals surface area contributed by atoms with E-state index in [9.17, 15) is 33.4 Å². The van der Waals surface area contributed by atoms with E-state index in [-0.39, 0.29) is 44.2 Å². The maximum absolute atomic E-state index is 15.3. The van der Waals surface area contributed by atoms with Gasteiger partial charge in [0, 0.05) is 36.6 Å². The standard InChI is InChI=1S/C31H33FN6O8P2S2/c1-19(39)35-15-25-18-38(30(40)46-25)24-8-11-27(28(32)13-24)22-6-2-21(3-7-22)16-37(17-23(14-33)36-34)31(49)50-26-9-4-20(5-10-26)12-29(47(41)42)48(43,44)45/h2-11,13-14,25,29H,12,15-18H2,1H3,(H6-,33,34,35,39,41,42,43,44,45)/p+1/t25-,29?/m0/s1. The van der Waals surface area contributed by atoms with Gasteiger partial charge in [-0.15, -0.1) is 0 Å². The zero-order valence-electron chi connectivity index (χ0n) is 26.5. The summed E-state index contributed by atoms with van der Waals surface area (Å²) in [7, 11) is -7.89. The highest BCUT2D eigenvalue weighted by Crippen LogP contribution is 2.53. The van der Waals surface area contributed by atoms with Gasteiger partial charge in [0.1, 0.15) is 16.2 Å². The average Bonchev–Trinajstić information content (AvgIpc) is 3.45. The topological polar surface area (TPSA) is 219 Å². The molecule has 0 saturated carbocycles. The summed E-state index contributed by atoms with van der Waals surface area (Å²) in [5.74, 6) is 4.66. The number of nitrogens with zero attached hydrogens (tertiary/aromatic N) is 3. The Morgan fingerprint density at radius 2 is 1.90 bits per heavy atom. The van der Waals surface area contributed by atoms with Crippen molar-refractivity contribution >= 4 is 73.5 Å². The number of carbonyl (C=O) groups is 2. The Balaban J connectivity index is 1.45. The Kier molecular flexibility index (Phi) is 13.3. The van der Waals surface area contributed by atoms with Crippen LogP contribution in [-0.4, -0.2) is 79.0 Å². The fourth-order valence-corrected chi connectivity index (χ4v) is 7.91. The number of hydrogen-bond donors (Lipinski definition) is 6. The maximum Gasteiger partial charge on any atom is 0.522 e. The smallest absolute Gasteiger partial charge is 0.442 e. The minimum Gasteiger partial charge on any atom is -0.442 e. The fourth-order valence-electron chi connectivity index (χ4n) is 4.91. The van der Waals surface area contributed by atoms with E-state index in [1.807, 2.05) is 0 Å². The number of thiocarbonyl (C=S) groups is 1. The highest BCUT2D eigenvalue weighted by molar-refractivity contribution is 8.22. The van der Waals surface area contributed by atoms with Gasteiger partial charge in [0.15, 0.2) is 0 Å². The lowest BCUT2D eigenvalue weighted by atomic mass is 10.0. The van der Waals surface area contributed by atoms with Crippen LogP contribution in [0.2, 0.25) is 0 Å². The van der Waals surface area contributed by atoms with Crippen LogP contribution in [0.4, 0.5) is 14.9 Å². The number of nitrogens with two attached hydrogens (primary N) is 1. The fraction of sp³-hybridized carbons (Fsp3) is 0.258. The number of carbonyl (C=O) groups excluding carboxylic acids is 2. The van der Waals surface area contributed by atoms with Crippen LogP contribution in [0.1, 0.15) is 18.1 Å². The van der Waals surface area contributed by atoms with Crippen LogP contribution in [0.5, 0.6) is 0 Å². The van der Waals surface area contributed by atoms with Crippen molar-refractivity contribution in [1.29, 1.82) is 5.41 Å². The van der Waals surface area contributed by atoms with Crippen LogP contribution in [0.25, 0.3) is 11.1 Å². The van der Waals surface area contributed by atoms with Crippen molar-refractivity contribution in [3.8, 4) is 11.1 Å². The highest BCUT2D eigenvalue weighted by Gasteiger charge is 2.45.